The lowest BCUT2D eigenvalue weighted by molar-refractivity contribution is 0.239. The average molecular weight is 373 g/mol. The Morgan fingerprint density at radius 1 is 1.25 bits per heavy atom. The van der Waals surface area contributed by atoms with Crippen molar-refractivity contribution in [1.29, 1.82) is 0 Å². The molecule has 4 nitrogen and oxygen atoms in total. The van der Waals surface area contributed by atoms with Crippen LogP contribution in [0, 0.1) is 0 Å². The van der Waals surface area contributed by atoms with Crippen LogP contribution in [0.15, 0.2) is 26.0 Å². The number of sulfonamides is 1. The summed E-state index contributed by atoms with van der Waals surface area (Å²) >= 11 is 6.49. The highest BCUT2D eigenvalue weighted by molar-refractivity contribution is 9.11. The Morgan fingerprint density at radius 3 is 2.00 bits per heavy atom. The molecule has 1 aromatic carbocycles. The monoisotopic (exact) mass is 371 g/mol. The van der Waals surface area contributed by atoms with Crippen LogP contribution in [0.1, 0.15) is 13.8 Å². The van der Waals surface area contributed by atoms with Crippen LogP contribution < -0.4 is 9.88 Å². The first-order valence-electron chi connectivity index (χ1n) is 4.40. The van der Waals surface area contributed by atoms with Crippen molar-refractivity contribution in [1.82, 2.24) is 0 Å². The molecule has 0 fully saturated rings. The van der Waals surface area contributed by atoms with Crippen LogP contribution in [-0.2, 0) is 10.0 Å². The molecular formula is C9H11Br2NO3S. The first-order valence-corrected chi connectivity index (χ1v) is 7.53. The molecule has 0 saturated carbocycles. The lowest BCUT2D eigenvalue weighted by Crippen LogP contribution is -2.13. The Bertz CT molecular complexity index is 476. The molecule has 0 spiro atoms. The smallest absolute Gasteiger partial charge is 0.238 e. The summed E-state index contributed by atoms with van der Waals surface area (Å²) in [5, 5.41) is 5.04. The predicted octanol–water partition coefficient (Wildman–Crippen LogP) is 2.65. The molecule has 0 amide bonds. The van der Waals surface area contributed by atoms with Crippen molar-refractivity contribution in [2.45, 2.75) is 24.8 Å². The fourth-order valence-electron chi connectivity index (χ4n) is 1.05. The maximum atomic E-state index is 11.2. The number of hydrogen-bond acceptors (Lipinski definition) is 3. The van der Waals surface area contributed by atoms with Crippen molar-refractivity contribution in [2.75, 3.05) is 0 Å². The van der Waals surface area contributed by atoms with Gasteiger partial charge in [-0.3, -0.25) is 0 Å². The lowest BCUT2D eigenvalue weighted by Gasteiger charge is -2.14. The van der Waals surface area contributed by atoms with Crippen molar-refractivity contribution in [3.05, 3.63) is 21.1 Å². The van der Waals surface area contributed by atoms with Crippen LogP contribution in [0.4, 0.5) is 0 Å². The van der Waals surface area contributed by atoms with E-state index < -0.39 is 10.0 Å². The van der Waals surface area contributed by atoms with Gasteiger partial charge < -0.3 is 4.74 Å². The van der Waals surface area contributed by atoms with E-state index in [0.29, 0.717) is 14.7 Å². The van der Waals surface area contributed by atoms with E-state index in [1.807, 2.05) is 13.8 Å². The molecule has 7 heteroatoms. The van der Waals surface area contributed by atoms with Gasteiger partial charge in [-0.25, -0.2) is 13.6 Å². The summed E-state index contributed by atoms with van der Waals surface area (Å²) in [4.78, 5) is 0.0300. The van der Waals surface area contributed by atoms with E-state index in [1.165, 1.54) is 12.1 Å². The third kappa shape index (κ3) is 3.44. The van der Waals surface area contributed by atoms with Crippen molar-refractivity contribution in [3.63, 3.8) is 0 Å². The molecule has 1 aromatic rings. The van der Waals surface area contributed by atoms with Gasteiger partial charge in [0.05, 0.1) is 19.9 Å². The van der Waals surface area contributed by atoms with Crippen LogP contribution in [-0.4, -0.2) is 14.5 Å². The fraction of sp³-hybridized carbons (Fsp3) is 0.333. The summed E-state index contributed by atoms with van der Waals surface area (Å²) in [7, 11) is -3.71. The Kier molecular flexibility index (Phi) is 4.39. The molecule has 2 N–H and O–H groups in total. The standard InChI is InChI=1S/C9H11Br2NO3S/c1-5(2)15-9-7(10)3-6(4-8(9)11)16(12,13)14/h3-5H,1-2H3,(H2,12,13,14). The van der Waals surface area contributed by atoms with E-state index in [9.17, 15) is 8.42 Å². The minimum absolute atomic E-state index is 0.00654. The van der Waals surface area contributed by atoms with Gasteiger partial charge in [-0.15, -0.1) is 0 Å². The number of primary sulfonamides is 1. The molecule has 0 aliphatic rings. The van der Waals surface area contributed by atoms with Crippen LogP contribution in [0.3, 0.4) is 0 Å². The van der Waals surface area contributed by atoms with Crippen LogP contribution >= 0.6 is 31.9 Å². The molecule has 0 atom stereocenters. The third-order valence-electron chi connectivity index (χ3n) is 1.65. The molecule has 0 saturated heterocycles. The number of nitrogens with two attached hydrogens (primary N) is 1. The highest BCUT2D eigenvalue weighted by Gasteiger charge is 2.15. The lowest BCUT2D eigenvalue weighted by atomic mass is 10.3. The zero-order chi connectivity index (χ0) is 12.5. The van der Waals surface area contributed by atoms with E-state index in [0.717, 1.165) is 0 Å². The quantitative estimate of drug-likeness (QED) is 0.886. The van der Waals surface area contributed by atoms with Gasteiger partial charge in [0.1, 0.15) is 5.75 Å². The van der Waals surface area contributed by atoms with Crippen LogP contribution in [0.5, 0.6) is 5.75 Å². The van der Waals surface area contributed by atoms with E-state index in [2.05, 4.69) is 31.9 Å². The van der Waals surface area contributed by atoms with Crippen molar-refractivity contribution in [3.8, 4) is 5.75 Å². The molecule has 0 heterocycles. The number of benzene rings is 1. The normalized spacial score (nSPS) is 11.9. The molecule has 0 aliphatic carbocycles. The first kappa shape index (κ1) is 14.0. The summed E-state index contributed by atoms with van der Waals surface area (Å²) in [5.41, 5.74) is 0. The van der Waals surface area contributed by atoms with Gasteiger partial charge in [0.2, 0.25) is 10.0 Å². The first-order chi connectivity index (χ1) is 7.21. The maximum absolute atomic E-state index is 11.2. The number of ether oxygens (including phenoxy) is 1. The van der Waals surface area contributed by atoms with Crippen LogP contribution in [0.2, 0.25) is 0 Å². The largest absolute Gasteiger partial charge is 0.489 e. The van der Waals surface area contributed by atoms with Crippen LogP contribution in [0.25, 0.3) is 0 Å². The average Bonchev–Trinajstić information content (AvgIpc) is 2.09. The van der Waals surface area contributed by atoms with Crippen molar-refractivity contribution >= 4 is 41.9 Å². The molecule has 0 bridgehead atoms. The van der Waals surface area contributed by atoms with Gasteiger partial charge in [0, 0.05) is 0 Å². The Labute approximate surface area is 111 Å². The highest BCUT2D eigenvalue weighted by atomic mass is 79.9. The van der Waals surface area contributed by atoms with E-state index >= 15 is 0 Å². The number of hydrogen-bond donors (Lipinski definition) is 1. The highest BCUT2D eigenvalue weighted by Crippen LogP contribution is 2.36. The summed E-state index contributed by atoms with van der Waals surface area (Å²) in [5.74, 6) is 0.558. The molecular weight excluding hydrogens is 362 g/mol. The zero-order valence-electron chi connectivity index (χ0n) is 8.70. The van der Waals surface area contributed by atoms with Crippen molar-refractivity contribution in [2.24, 2.45) is 5.14 Å². The Morgan fingerprint density at radius 2 is 1.69 bits per heavy atom. The maximum Gasteiger partial charge on any atom is 0.238 e. The molecule has 0 aromatic heterocycles. The second-order valence-corrected chi connectivity index (χ2v) is 6.70. The Balaban J connectivity index is 3.28. The summed E-state index contributed by atoms with van der Waals surface area (Å²) in [6.07, 6.45) is -0.00654. The van der Waals surface area contributed by atoms with Crippen molar-refractivity contribution < 1.29 is 13.2 Å². The topological polar surface area (TPSA) is 69.4 Å². The molecule has 16 heavy (non-hydrogen) atoms. The number of rotatable bonds is 3. The predicted molar refractivity (Wildman–Crippen MR) is 69.0 cm³/mol. The zero-order valence-corrected chi connectivity index (χ0v) is 12.7. The molecule has 1 rings (SSSR count). The Hall–Kier alpha value is -0.110. The molecule has 90 valence electrons. The van der Waals surface area contributed by atoms with Gasteiger partial charge in [-0.1, -0.05) is 0 Å². The summed E-state index contributed by atoms with van der Waals surface area (Å²) < 4.78 is 28.9. The SMILES string of the molecule is CC(C)Oc1c(Br)cc(S(N)(=O)=O)cc1Br. The van der Waals surface area contributed by atoms with Gasteiger partial charge in [0.15, 0.2) is 0 Å². The van der Waals surface area contributed by atoms with Gasteiger partial charge in [-0.2, -0.15) is 0 Å². The summed E-state index contributed by atoms with van der Waals surface area (Å²) in [6, 6.07) is 2.83. The van der Waals surface area contributed by atoms with E-state index in [-0.39, 0.29) is 11.0 Å². The van der Waals surface area contributed by atoms with Gasteiger partial charge in [-0.05, 0) is 57.8 Å². The molecule has 0 unspecified atom stereocenters. The number of halogens is 2. The minimum atomic E-state index is -3.71. The third-order valence-corrected chi connectivity index (χ3v) is 3.72. The second-order valence-electron chi connectivity index (χ2n) is 3.43. The fourth-order valence-corrected chi connectivity index (χ4v) is 3.29. The summed E-state index contributed by atoms with van der Waals surface area (Å²) in [6.45, 7) is 3.76. The van der Waals surface area contributed by atoms with E-state index in [1.54, 1.807) is 0 Å². The molecule has 0 radical (unpaired) electrons. The van der Waals surface area contributed by atoms with E-state index in [4.69, 9.17) is 9.88 Å². The minimum Gasteiger partial charge on any atom is -0.489 e. The van der Waals surface area contributed by atoms with Gasteiger partial charge in [0.25, 0.3) is 0 Å². The van der Waals surface area contributed by atoms with Gasteiger partial charge >= 0.3 is 0 Å². The second kappa shape index (κ2) is 5.03. The molecule has 0 aliphatic heterocycles.